The third kappa shape index (κ3) is 5.89. The van der Waals surface area contributed by atoms with Crippen LogP contribution in [0.25, 0.3) is 22.4 Å². The first-order chi connectivity index (χ1) is 18.2. The Bertz CT molecular complexity index is 1300. The Hall–Kier alpha value is -4.39. The second-order valence-corrected chi connectivity index (χ2v) is 8.75. The zero-order valence-electron chi connectivity index (χ0n) is 20.9. The van der Waals surface area contributed by atoms with Crippen LogP contribution in [0.5, 0.6) is 11.5 Å². The van der Waals surface area contributed by atoms with Crippen LogP contribution in [0.3, 0.4) is 0 Å². The maximum absolute atomic E-state index is 12.9. The van der Waals surface area contributed by atoms with Gasteiger partial charge in [0.05, 0.1) is 12.3 Å². The van der Waals surface area contributed by atoms with Crippen molar-refractivity contribution < 1.29 is 14.3 Å². The van der Waals surface area contributed by atoms with Crippen LogP contribution in [0.1, 0.15) is 6.92 Å². The molecule has 1 amide bonds. The average Bonchev–Trinajstić information content (AvgIpc) is 2.97. The minimum atomic E-state index is -0.0144. The summed E-state index contributed by atoms with van der Waals surface area (Å²) in [7, 11) is 0. The Morgan fingerprint density at radius 3 is 2.19 bits per heavy atom. The molecule has 0 spiro atoms. The van der Waals surface area contributed by atoms with E-state index in [4.69, 9.17) is 9.47 Å². The molecule has 0 unspecified atom stereocenters. The fraction of sp³-hybridized carbons (Fsp3) is 0.233. The van der Waals surface area contributed by atoms with Crippen molar-refractivity contribution >= 4 is 11.7 Å². The molecule has 0 N–H and O–H groups in total. The van der Waals surface area contributed by atoms with E-state index in [1.807, 2.05) is 103 Å². The third-order valence-electron chi connectivity index (χ3n) is 6.39. The number of rotatable bonds is 8. The highest BCUT2D eigenvalue weighted by atomic mass is 16.5. The van der Waals surface area contributed by atoms with E-state index in [1.165, 1.54) is 0 Å². The molecule has 0 aliphatic carbocycles. The standard InChI is InChI=1S/C30H30N4O3/c1-2-36-25-14-12-24(13-15-25)27-16-17-29(32-31-27)33-18-20-34(21-19-33)30(35)22-37-28-11-7-6-10-26(28)23-8-4-3-5-9-23/h3-17H,2,18-22H2,1H3. The van der Waals surface area contributed by atoms with Crippen molar-refractivity contribution in [2.45, 2.75) is 6.92 Å². The van der Waals surface area contributed by atoms with Gasteiger partial charge >= 0.3 is 0 Å². The molecule has 1 fully saturated rings. The van der Waals surface area contributed by atoms with Gasteiger partial charge in [-0.3, -0.25) is 4.79 Å². The SMILES string of the molecule is CCOc1ccc(-c2ccc(N3CCN(C(=O)COc4ccccc4-c4ccccc4)CC3)nn2)cc1. The first-order valence-corrected chi connectivity index (χ1v) is 12.6. The summed E-state index contributed by atoms with van der Waals surface area (Å²) in [4.78, 5) is 16.9. The molecule has 3 aromatic carbocycles. The van der Waals surface area contributed by atoms with Crippen LogP contribution in [0, 0.1) is 0 Å². The van der Waals surface area contributed by atoms with Gasteiger partial charge in [0.2, 0.25) is 0 Å². The van der Waals surface area contributed by atoms with Crippen LogP contribution >= 0.6 is 0 Å². The van der Waals surface area contributed by atoms with Crippen molar-refractivity contribution in [3.05, 3.63) is 91.0 Å². The normalized spacial score (nSPS) is 13.3. The van der Waals surface area contributed by atoms with Gasteiger partial charge in [0.25, 0.3) is 5.91 Å². The lowest BCUT2D eigenvalue weighted by Gasteiger charge is -2.35. The van der Waals surface area contributed by atoms with Gasteiger partial charge in [-0.1, -0.05) is 48.5 Å². The molecule has 2 heterocycles. The minimum absolute atomic E-state index is 0.0143. The van der Waals surface area contributed by atoms with E-state index in [9.17, 15) is 4.79 Å². The lowest BCUT2D eigenvalue weighted by Crippen LogP contribution is -2.50. The van der Waals surface area contributed by atoms with Crippen molar-refractivity contribution in [2.24, 2.45) is 0 Å². The smallest absolute Gasteiger partial charge is 0.260 e. The summed E-state index contributed by atoms with van der Waals surface area (Å²) in [6.45, 7) is 5.25. The van der Waals surface area contributed by atoms with Crippen LogP contribution < -0.4 is 14.4 Å². The predicted molar refractivity (Wildman–Crippen MR) is 145 cm³/mol. The van der Waals surface area contributed by atoms with Crippen LogP contribution in [-0.2, 0) is 4.79 Å². The van der Waals surface area contributed by atoms with Gasteiger partial charge in [-0.05, 0) is 55.0 Å². The summed E-state index contributed by atoms with van der Waals surface area (Å²) in [5, 5.41) is 8.86. The van der Waals surface area contributed by atoms with Gasteiger partial charge in [0.1, 0.15) is 11.5 Å². The monoisotopic (exact) mass is 494 g/mol. The Morgan fingerprint density at radius 1 is 0.757 bits per heavy atom. The number of benzene rings is 3. The summed E-state index contributed by atoms with van der Waals surface area (Å²) in [6, 6.07) is 29.7. The zero-order chi connectivity index (χ0) is 25.5. The summed E-state index contributed by atoms with van der Waals surface area (Å²) >= 11 is 0. The fourth-order valence-electron chi connectivity index (χ4n) is 4.40. The van der Waals surface area contributed by atoms with Gasteiger partial charge < -0.3 is 19.3 Å². The average molecular weight is 495 g/mol. The molecule has 1 aromatic heterocycles. The molecule has 188 valence electrons. The minimum Gasteiger partial charge on any atom is -0.494 e. The molecular formula is C30H30N4O3. The second kappa shape index (κ2) is 11.6. The predicted octanol–water partition coefficient (Wildman–Crippen LogP) is 4.94. The second-order valence-electron chi connectivity index (χ2n) is 8.75. The molecule has 1 aliphatic heterocycles. The molecule has 7 nitrogen and oxygen atoms in total. The van der Waals surface area contributed by atoms with Gasteiger partial charge in [0.15, 0.2) is 12.4 Å². The molecule has 0 bridgehead atoms. The van der Waals surface area contributed by atoms with E-state index >= 15 is 0 Å². The lowest BCUT2D eigenvalue weighted by molar-refractivity contribution is -0.133. The maximum Gasteiger partial charge on any atom is 0.260 e. The van der Waals surface area contributed by atoms with Crippen molar-refractivity contribution in [2.75, 3.05) is 44.3 Å². The molecule has 0 radical (unpaired) electrons. The molecule has 4 aromatic rings. The van der Waals surface area contributed by atoms with E-state index in [2.05, 4.69) is 15.1 Å². The highest BCUT2D eigenvalue weighted by Crippen LogP contribution is 2.29. The number of ether oxygens (including phenoxy) is 2. The van der Waals surface area contributed by atoms with E-state index < -0.39 is 0 Å². The van der Waals surface area contributed by atoms with E-state index in [1.54, 1.807) is 0 Å². The lowest BCUT2D eigenvalue weighted by atomic mass is 10.1. The van der Waals surface area contributed by atoms with Gasteiger partial charge in [-0.15, -0.1) is 10.2 Å². The van der Waals surface area contributed by atoms with Gasteiger partial charge in [0, 0.05) is 37.3 Å². The maximum atomic E-state index is 12.9. The van der Waals surface area contributed by atoms with Crippen molar-refractivity contribution in [3.8, 4) is 33.9 Å². The number of hydrogen-bond donors (Lipinski definition) is 0. The number of hydrogen-bond acceptors (Lipinski definition) is 6. The molecular weight excluding hydrogens is 464 g/mol. The topological polar surface area (TPSA) is 67.8 Å². The fourth-order valence-corrected chi connectivity index (χ4v) is 4.40. The van der Waals surface area contributed by atoms with E-state index in [0.717, 1.165) is 34.0 Å². The Morgan fingerprint density at radius 2 is 1.49 bits per heavy atom. The van der Waals surface area contributed by atoms with Crippen molar-refractivity contribution in [3.63, 3.8) is 0 Å². The summed E-state index contributed by atoms with van der Waals surface area (Å²) in [5.74, 6) is 2.35. The summed E-state index contributed by atoms with van der Waals surface area (Å²) in [5.41, 5.74) is 3.85. The largest absolute Gasteiger partial charge is 0.494 e. The van der Waals surface area contributed by atoms with Crippen LogP contribution in [-0.4, -0.2) is 60.4 Å². The molecule has 0 saturated carbocycles. The van der Waals surface area contributed by atoms with Crippen molar-refractivity contribution in [1.29, 1.82) is 0 Å². The summed E-state index contributed by atoms with van der Waals surface area (Å²) < 4.78 is 11.5. The number of nitrogens with zero attached hydrogens (tertiary/aromatic N) is 4. The number of amides is 1. The number of carbonyl (C=O) groups is 1. The number of anilines is 1. The Balaban J connectivity index is 1.14. The quantitative estimate of drug-likeness (QED) is 0.346. The molecule has 5 rings (SSSR count). The first-order valence-electron chi connectivity index (χ1n) is 12.6. The third-order valence-corrected chi connectivity index (χ3v) is 6.39. The Labute approximate surface area is 217 Å². The van der Waals surface area contributed by atoms with E-state index in [-0.39, 0.29) is 12.5 Å². The molecule has 1 aliphatic rings. The molecule has 37 heavy (non-hydrogen) atoms. The van der Waals surface area contributed by atoms with Gasteiger partial charge in [-0.25, -0.2) is 0 Å². The van der Waals surface area contributed by atoms with Crippen molar-refractivity contribution in [1.82, 2.24) is 15.1 Å². The number of para-hydroxylation sites is 1. The zero-order valence-corrected chi connectivity index (χ0v) is 20.9. The van der Waals surface area contributed by atoms with Crippen LogP contribution in [0.4, 0.5) is 5.82 Å². The van der Waals surface area contributed by atoms with E-state index in [0.29, 0.717) is 38.5 Å². The highest BCUT2D eigenvalue weighted by Gasteiger charge is 2.23. The number of aromatic nitrogens is 2. The molecule has 1 saturated heterocycles. The number of carbonyl (C=O) groups excluding carboxylic acids is 1. The summed E-state index contributed by atoms with van der Waals surface area (Å²) in [6.07, 6.45) is 0. The van der Waals surface area contributed by atoms with Gasteiger partial charge in [-0.2, -0.15) is 0 Å². The van der Waals surface area contributed by atoms with Crippen LogP contribution in [0.15, 0.2) is 91.0 Å². The van der Waals surface area contributed by atoms with Crippen LogP contribution in [0.2, 0.25) is 0 Å². The number of piperazine rings is 1. The highest BCUT2D eigenvalue weighted by molar-refractivity contribution is 5.79. The molecule has 7 heteroatoms. The Kier molecular flexibility index (Phi) is 7.60. The first kappa shape index (κ1) is 24.3. The molecule has 0 atom stereocenters.